The molecule has 0 aliphatic heterocycles. The first-order valence-corrected chi connectivity index (χ1v) is 6.34. The number of rotatable bonds is 5. The van der Waals surface area contributed by atoms with Gasteiger partial charge in [-0.1, -0.05) is 0 Å². The number of aromatic nitrogens is 3. The Morgan fingerprint density at radius 1 is 1.17 bits per heavy atom. The fourth-order valence-electron chi connectivity index (χ4n) is 1.79. The molecule has 0 saturated heterocycles. The van der Waals surface area contributed by atoms with Gasteiger partial charge in [0.25, 0.3) is 0 Å². The molecule has 0 aromatic carbocycles. The zero-order valence-electron chi connectivity index (χ0n) is 11.2. The smallest absolute Gasteiger partial charge is 0.0762 e. The lowest BCUT2D eigenvalue weighted by atomic mass is 10.1. The van der Waals surface area contributed by atoms with Crippen LogP contribution in [0.25, 0.3) is 0 Å². The number of hydrogen-bond acceptors (Lipinski definition) is 3. The SMILES string of the molecule is CC(C)n1ccc(CN[C@H](C)c2ccncc2)n1. The predicted octanol–water partition coefficient (Wildman–Crippen LogP) is 2.71. The molecule has 0 unspecified atom stereocenters. The highest BCUT2D eigenvalue weighted by molar-refractivity contribution is 5.14. The highest BCUT2D eigenvalue weighted by atomic mass is 15.3. The summed E-state index contributed by atoms with van der Waals surface area (Å²) < 4.78 is 1.98. The minimum atomic E-state index is 0.303. The molecule has 0 aliphatic rings. The number of nitrogens with one attached hydrogen (secondary N) is 1. The molecular weight excluding hydrogens is 224 g/mol. The Labute approximate surface area is 108 Å². The number of nitrogens with zero attached hydrogens (tertiary/aromatic N) is 3. The van der Waals surface area contributed by atoms with Crippen molar-refractivity contribution in [2.45, 2.75) is 39.4 Å². The fraction of sp³-hybridized carbons (Fsp3) is 0.429. The van der Waals surface area contributed by atoms with Crippen molar-refractivity contribution in [3.63, 3.8) is 0 Å². The van der Waals surface area contributed by atoms with E-state index in [4.69, 9.17) is 0 Å². The average molecular weight is 244 g/mol. The van der Waals surface area contributed by atoms with Gasteiger partial charge in [-0.05, 0) is 44.5 Å². The molecule has 0 saturated carbocycles. The van der Waals surface area contributed by atoms with Crippen molar-refractivity contribution in [3.8, 4) is 0 Å². The summed E-state index contributed by atoms with van der Waals surface area (Å²) in [5.41, 5.74) is 2.32. The van der Waals surface area contributed by atoms with Gasteiger partial charge in [0, 0.05) is 37.2 Å². The van der Waals surface area contributed by atoms with Crippen LogP contribution in [-0.4, -0.2) is 14.8 Å². The van der Waals surface area contributed by atoms with Gasteiger partial charge in [0.15, 0.2) is 0 Å². The third-order valence-corrected chi connectivity index (χ3v) is 2.99. The summed E-state index contributed by atoms with van der Waals surface area (Å²) in [6.07, 6.45) is 5.67. The summed E-state index contributed by atoms with van der Waals surface area (Å²) in [5.74, 6) is 0. The van der Waals surface area contributed by atoms with E-state index in [1.165, 1.54) is 5.56 Å². The van der Waals surface area contributed by atoms with Crippen LogP contribution in [0.4, 0.5) is 0 Å². The van der Waals surface area contributed by atoms with E-state index in [2.05, 4.69) is 42.2 Å². The van der Waals surface area contributed by atoms with Crippen molar-refractivity contribution in [2.75, 3.05) is 0 Å². The summed E-state index contributed by atoms with van der Waals surface area (Å²) in [5, 5.41) is 7.98. The van der Waals surface area contributed by atoms with E-state index in [1.807, 2.05) is 35.4 Å². The van der Waals surface area contributed by atoms with Gasteiger partial charge in [0.05, 0.1) is 5.69 Å². The standard InChI is InChI=1S/C14H20N4/c1-11(2)18-9-6-14(17-18)10-16-12(3)13-4-7-15-8-5-13/h4-9,11-12,16H,10H2,1-3H3/t12-/m1/s1. The topological polar surface area (TPSA) is 42.7 Å². The molecule has 18 heavy (non-hydrogen) atoms. The van der Waals surface area contributed by atoms with Crippen LogP contribution in [0.3, 0.4) is 0 Å². The molecule has 1 atom stereocenters. The fourth-order valence-corrected chi connectivity index (χ4v) is 1.79. The first kappa shape index (κ1) is 12.8. The van der Waals surface area contributed by atoms with Crippen molar-refractivity contribution < 1.29 is 0 Å². The lowest BCUT2D eigenvalue weighted by Gasteiger charge is -2.12. The van der Waals surface area contributed by atoms with E-state index in [0.29, 0.717) is 12.1 Å². The van der Waals surface area contributed by atoms with Crippen LogP contribution in [0.2, 0.25) is 0 Å². The Morgan fingerprint density at radius 2 is 1.89 bits per heavy atom. The van der Waals surface area contributed by atoms with Gasteiger partial charge in [-0.25, -0.2) is 0 Å². The second-order valence-corrected chi connectivity index (χ2v) is 4.76. The van der Waals surface area contributed by atoms with Crippen LogP contribution in [-0.2, 0) is 6.54 Å². The zero-order valence-corrected chi connectivity index (χ0v) is 11.2. The Bertz CT molecular complexity index is 476. The van der Waals surface area contributed by atoms with Crippen LogP contribution >= 0.6 is 0 Å². The van der Waals surface area contributed by atoms with Gasteiger partial charge in [0.2, 0.25) is 0 Å². The van der Waals surface area contributed by atoms with Gasteiger partial charge in [0.1, 0.15) is 0 Å². The third-order valence-electron chi connectivity index (χ3n) is 2.99. The summed E-state index contributed by atoms with van der Waals surface area (Å²) >= 11 is 0. The van der Waals surface area contributed by atoms with Crippen LogP contribution < -0.4 is 5.32 Å². The Hall–Kier alpha value is -1.68. The van der Waals surface area contributed by atoms with Crippen LogP contribution in [0.5, 0.6) is 0 Å². The third kappa shape index (κ3) is 3.17. The molecule has 4 heteroatoms. The molecule has 0 radical (unpaired) electrons. The van der Waals surface area contributed by atoms with Crippen molar-refractivity contribution in [2.24, 2.45) is 0 Å². The van der Waals surface area contributed by atoms with Gasteiger partial charge in [-0.3, -0.25) is 9.67 Å². The zero-order chi connectivity index (χ0) is 13.0. The van der Waals surface area contributed by atoms with E-state index in [1.54, 1.807) is 0 Å². The monoisotopic (exact) mass is 244 g/mol. The second-order valence-electron chi connectivity index (χ2n) is 4.76. The molecule has 4 nitrogen and oxygen atoms in total. The highest BCUT2D eigenvalue weighted by Crippen LogP contribution is 2.11. The van der Waals surface area contributed by atoms with E-state index in [-0.39, 0.29) is 0 Å². The summed E-state index contributed by atoms with van der Waals surface area (Å²) in [6, 6.07) is 6.84. The molecule has 0 aliphatic carbocycles. The molecule has 1 N–H and O–H groups in total. The van der Waals surface area contributed by atoms with Crippen molar-refractivity contribution in [1.29, 1.82) is 0 Å². The van der Waals surface area contributed by atoms with Gasteiger partial charge < -0.3 is 5.32 Å². The van der Waals surface area contributed by atoms with Gasteiger partial charge >= 0.3 is 0 Å². The largest absolute Gasteiger partial charge is 0.304 e. The Morgan fingerprint density at radius 3 is 2.50 bits per heavy atom. The predicted molar refractivity (Wildman–Crippen MR) is 72.1 cm³/mol. The van der Waals surface area contributed by atoms with Gasteiger partial charge in [-0.15, -0.1) is 0 Å². The Balaban J connectivity index is 1.91. The first-order valence-electron chi connectivity index (χ1n) is 6.34. The van der Waals surface area contributed by atoms with E-state index in [9.17, 15) is 0 Å². The molecule has 2 heterocycles. The van der Waals surface area contributed by atoms with E-state index >= 15 is 0 Å². The highest BCUT2D eigenvalue weighted by Gasteiger charge is 2.06. The van der Waals surface area contributed by atoms with Crippen molar-refractivity contribution in [3.05, 3.63) is 48.0 Å². The molecule has 96 valence electrons. The summed E-state index contributed by atoms with van der Waals surface area (Å²) in [6.45, 7) is 7.19. The van der Waals surface area contributed by atoms with Gasteiger partial charge in [-0.2, -0.15) is 5.10 Å². The van der Waals surface area contributed by atoms with Crippen molar-refractivity contribution in [1.82, 2.24) is 20.1 Å². The van der Waals surface area contributed by atoms with E-state index < -0.39 is 0 Å². The molecule has 2 rings (SSSR count). The summed E-state index contributed by atoms with van der Waals surface area (Å²) in [7, 11) is 0. The maximum Gasteiger partial charge on any atom is 0.0762 e. The lowest BCUT2D eigenvalue weighted by Crippen LogP contribution is -2.18. The van der Waals surface area contributed by atoms with Crippen molar-refractivity contribution >= 4 is 0 Å². The van der Waals surface area contributed by atoms with E-state index in [0.717, 1.165) is 12.2 Å². The van der Waals surface area contributed by atoms with Crippen LogP contribution in [0.15, 0.2) is 36.8 Å². The van der Waals surface area contributed by atoms with Crippen LogP contribution in [0.1, 0.15) is 44.1 Å². The maximum absolute atomic E-state index is 4.52. The quantitative estimate of drug-likeness (QED) is 0.879. The number of pyridine rings is 1. The molecule has 2 aromatic rings. The molecule has 2 aromatic heterocycles. The minimum absolute atomic E-state index is 0.303. The molecule has 0 fully saturated rings. The average Bonchev–Trinajstić information content (AvgIpc) is 2.86. The van der Waals surface area contributed by atoms with Crippen LogP contribution in [0, 0.1) is 0 Å². The molecule has 0 spiro atoms. The molecule has 0 amide bonds. The minimum Gasteiger partial charge on any atom is -0.304 e. The Kier molecular flexibility index (Phi) is 4.10. The lowest BCUT2D eigenvalue weighted by molar-refractivity contribution is 0.512. The normalized spacial score (nSPS) is 12.9. The molecule has 0 bridgehead atoms. The maximum atomic E-state index is 4.52. The summed E-state index contributed by atoms with van der Waals surface area (Å²) in [4.78, 5) is 4.03. The second kappa shape index (κ2) is 5.78. The first-order chi connectivity index (χ1) is 8.66. The molecular formula is C14H20N4. The number of hydrogen-bond donors (Lipinski definition) is 1.